The van der Waals surface area contributed by atoms with E-state index in [-0.39, 0.29) is 35.8 Å². The molecule has 39 heavy (non-hydrogen) atoms. The zero-order valence-electron chi connectivity index (χ0n) is 20.9. The van der Waals surface area contributed by atoms with Crippen LogP contribution in [0, 0.1) is 5.82 Å². The summed E-state index contributed by atoms with van der Waals surface area (Å²) in [6, 6.07) is 21.7. The van der Waals surface area contributed by atoms with Crippen molar-refractivity contribution in [2.75, 3.05) is 28.6 Å². The molecule has 2 unspecified atom stereocenters. The van der Waals surface area contributed by atoms with Crippen LogP contribution in [0.3, 0.4) is 0 Å². The normalized spacial score (nSPS) is 22.1. The van der Waals surface area contributed by atoms with Crippen molar-refractivity contribution in [3.63, 3.8) is 0 Å². The number of ether oxygens (including phenoxy) is 1. The van der Waals surface area contributed by atoms with Crippen LogP contribution in [0.4, 0.5) is 21.8 Å². The molecular weight excluding hydrogens is 499 g/mol. The molecule has 0 saturated carbocycles. The molecule has 1 amide bonds. The number of anilines is 3. The second-order valence-electron chi connectivity index (χ2n) is 9.86. The SMILES string of the molecule is O=C1Nc2ccccc2C(c2ccccc2)=N[C@@H]1Nc1nnc(-c2ccc(F)cc2N2CC3CCC(C2)O3)o1. The third kappa shape index (κ3) is 4.52. The quantitative estimate of drug-likeness (QED) is 0.397. The molecule has 2 saturated heterocycles. The Labute approximate surface area is 223 Å². The number of carbonyl (C=O) groups is 1. The van der Waals surface area contributed by atoms with Crippen LogP contribution in [0.5, 0.6) is 0 Å². The summed E-state index contributed by atoms with van der Waals surface area (Å²) in [4.78, 5) is 20.1. The fraction of sp³-hybridized carbons (Fsp3) is 0.241. The van der Waals surface area contributed by atoms with E-state index in [0.717, 1.165) is 24.0 Å². The van der Waals surface area contributed by atoms with Crippen LogP contribution in [0.15, 0.2) is 82.2 Å². The van der Waals surface area contributed by atoms with Crippen LogP contribution in [-0.4, -0.2) is 53.3 Å². The van der Waals surface area contributed by atoms with Gasteiger partial charge in [-0.05, 0) is 37.1 Å². The highest BCUT2D eigenvalue weighted by molar-refractivity contribution is 6.19. The largest absolute Gasteiger partial charge is 0.403 e. The minimum Gasteiger partial charge on any atom is -0.403 e. The number of nitrogens with zero attached hydrogens (tertiary/aromatic N) is 4. The minimum atomic E-state index is -1.02. The molecule has 3 aliphatic rings. The molecule has 3 atom stereocenters. The minimum absolute atomic E-state index is 0.0320. The maximum atomic E-state index is 14.3. The second-order valence-corrected chi connectivity index (χ2v) is 9.86. The predicted octanol–water partition coefficient (Wildman–Crippen LogP) is 4.47. The van der Waals surface area contributed by atoms with Gasteiger partial charge in [0.2, 0.25) is 6.17 Å². The molecule has 10 heteroatoms. The van der Waals surface area contributed by atoms with Gasteiger partial charge >= 0.3 is 6.01 Å². The Morgan fingerprint density at radius 3 is 2.51 bits per heavy atom. The predicted molar refractivity (Wildman–Crippen MR) is 144 cm³/mol. The number of nitrogens with one attached hydrogen (secondary N) is 2. The Balaban J connectivity index is 1.20. The van der Waals surface area contributed by atoms with Gasteiger partial charge in [0, 0.05) is 24.2 Å². The lowest BCUT2D eigenvalue weighted by Gasteiger charge is -2.34. The van der Waals surface area contributed by atoms with Crippen molar-refractivity contribution in [3.05, 3.63) is 89.7 Å². The maximum absolute atomic E-state index is 14.3. The number of amides is 1. The summed E-state index contributed by atoms with van der Waals surface area (Å²) in [7, 11) is 0. The van der Waals surface area contributed by atoms with E-state index in [4.69, 9.17) is 14.1 Å². The molecule has 0 radical (unpaired) electrons. The number of benzene rings is 3. The lowest BCUT2D eigenvalue weighted by atomic mass is 10.0. The first-order valence-electron chi connectivity index (χ1n) is 12.9. The highest BCUT2D eigenvalue weighted by atomic mass is 19.1. The number of hydrogen-bond donors (Lipinski definition) is 2. The summed E-state index contributed by atoms with van der Waals surface area (Å²) >= 11 is 0. The molecule has 4 heterocycles. The van der Waals surface area contributed by atoms with E-state index in [2.05, 4.69) is 25.7 Å². The molecule has 4 aromatic rings. The van der Waals surface area contributed by atoms with Gasteiger partial charge in [-0.15, -0.1) is 5.10 Å². The number of aromatic nitrogens is 2. The van der Waals surface area contributed by atoms with Crippen molar-refractivity contribution in [3.8, 4) is 11.5 Å². The molecule has 7 rings (SSSR count). The van der Waals surface area contributed by atoms with Crippen molar-refractivity contribution >= 4 is 29.0 Å². The molecule has 196 valence electrons. The van der Waals surface area contributed by atoms with Crippen LogP contribution in [0.1, 0.15) is 24.0 Å². The first-order valence-corrected chi connectivity index (χ1v) is 12.9. The van der Waals surface area contributed by atoms with Gasteiger partial charge in [0.15, 0.2) is 0 Å². The molecule has 2 bridgehead atoms. The Morgan fingerprint density at radius 1 is 0.923 bits per heavy atom. The number of halogens is 1. The van der Waals surface area contributed by atoms with Crippen LogP contribution in [0.2, 0.25) is 0 Å². The summed E-state index contributed by atoms with van der Waals surface area (Å²) in [5.41, 5.74) is 4.29. The van der Waals surface area contributed by atoms with E-state index in [1.54, 1.807) is 6.07 Å². The van der Waals surface area contributed by atoms with E-state index in [9.17, 15) is 9.18 Å². The average Bonchev–Trinajstić information content (AvgIpc) is 3.53. The Kier molecular flexibility index (Phi) is 5.81. The van der Waals surface area contributed by atoms with Crippen molar-refractivity contribution < 1.29 is 18.3 Å². The Morgan fingerprint density at radius 2 is 1.69 bits per heavy atom. The second kappa shape index (κ2) is 9.63. The van der Waals surface area contributed by atoms with E-state index >= 15 is 0 Å². The number of morpholine rings is 1. The lowest BCUT2D eigenvalue weighted by molar-refractivity contribution is -0.116. The smallest absolute Gasteiger partial charge is 0.317 e. The topological polar surface area (TPSA) is 105 Å². The molecular formula is C29H25FN6O3. The third-order valence-electron chi connectivity index (χ3n) is 7.25. The van der Waals surface area contributed by atoms with Gasteiger partial charge in [-0.3, -0.25) is 4.79 Å². The maximum Gasteiger partial charge on any atom is 0.317 e. The van der Waals surface area contributed by atoms with Crippen molar-refractivity contribution in [1.82, 2.24) is 10.2 Å². The molecule has 3 aliphatic heterocycles. The van der Waals surface area contributed by atoms with Crippen molar-refractivity contribution in [2.24, 2.45) is 4.99 Å². The van der Waals surface area contributed by atoms with Gasteiger partial charge < -0.3 is 24.7 Å². The van der Waals surface area contributed by atoms with Gasteiger partial charge in [-0.2, -0.15) is 0 Å². The first-order chi connectivity index (χ1) is 19.1. The zero-order valence-corrected chi connectivity index (χ0v) is 20.9. The molecule has 0 aliphatic carbocycles. The average molecular weight is 525 g/mol. The summed E-state index contributed by atoms with van der Waals surface area (Å²) in [5.74, 6) is -0.488. The molecule has 2 fully saturated rings. The van der Waals surface area contributed by atoms with Gasteiger partial charge in [0.05, 0.1) is 34.9 Å². The number of para-hydroxylation sites is 1. The number of benzodiazepines with no additional fused rings is 1. The van der Waals surface area contributed by atoms with Crippen molar-refractivity contribution in [2.45, 2.75) is 31.2 Å². The zero-order chi connectivity index (χ0) is 26.3. The molecule has 0 spiro atoms. The standard InChI is InChI=1S/C29H25FN6O3/c30-18-10-13-22(24(14-18)36-15-19-11-12-20(16-36)38-19)28-34-35-29(39-28)33-26-27(37)31-23-9-5-4-8-21(23)25(32-26)17-6-2-1-3-7-17/h1-10,13-14,19-20,26H,11-12,15-16H2,(H,31,37)(H,33,35)/t19?,20?,26-/m1/s1. The van der Waals surface area contributed by atoms with Crippen LogP contribution in [-0.2, 0) is 9.53 Å². The van der Waals surface area contributed by atoms with Gasteiger partial charge in [-0.1, -0.05) is 53.6 Å². The number of rotatable bonds is 5. The van der Waals surface area contributed by atoms with Gasteiger partial charge in [-0.25, -0.2) is 9.38 Å². The summed E-state index contributed by atoms with van der Waals surface area (Å²) in [6.07, 6.45) is 1.24. The number of aliphatic imine (C=N–C) groups is 1. The van der Waals surface area contributed by atoms with Crippen molar-refractivity contribution in [1.29, 1.82) is 0 Å². The van der Waals surface area contributed by atoms with Gasteiger partial charge in [0.1, 0.15) is 5.82 Å². The molecule has 3 aromatic carbocycles. The Hall–Kier alpha value is -4.57. The lowest BCUT2D eigenvalue weighted by Crippen LogP contribution is -2.42. The highest BCUT2D eigenvalue weighted by Crippen LogP contribution is 2.36. The fourth-order valence-corrected chi connectivity index (χ4v) is 5.45. The molecule has 1 aromatic heterocycles. The van der Waals surface area contributed by atoms with E-state index in [1.165, 1.54) is 12.1 Å². The van der Waals surface area contributed by atoms with E-state index in [0.29, 0.717) is 35.7 Å². The van der Waals surface area contributed by atoms with Crippen LogP contribution in [0.25, 0.3) is 11.5 Å². The van der Waals surface area contributed by atoms with Crippen LogP contribution < -0.4 is 15.5 Å². The fourth-order valence-electron chi connectivity index (χ4n) is 5.45. The third-order valence-corrected chi connectivity index (χ3v) is 7.25. The number of hydrogen-bond acceptors (Lipinski definition) is 8. The van der Waals surface area contributed by atoms with E-state index < -0.39 is 6.17 Å². The summed E-state index contributed by atoms with van der Waals surface area (Å²) in [6.45, 7) is 1.35. The number of fused-ring (bicyclic) bond motifs is 3. The monoisotopic (exact) mass is 524 g/mol. The molecule has 9 nitrogen and oxygen atoms in total. The van der Waals surface area contributed by atoms with Gasteiger partial charge in [0.25, 0.3) is 11.8 Å². The number of carbonyl (C=O) groups excluding carboxylic acids is 1. The molecule has 2 N–H and O–H groups in total. The summed E-state index contributed by atoms with van der Waals surface area (Å²) < 4.78 is 26.2. The van der Waals surface area contributed by atoms with Crippen LogP contribution >= 0.6 is 0 Å². The Bertz CT molecular complexity index is 1560. The summed E-state index contributed by atoms with van der Waals surface area (Å²) in [5, 5.41) is 14.3. The highest BCUT2D eigenvalue weighted by Gasteiger charge is 2.35. The first kappa shape index (κ1) is 23.5. The van der Waals surface area contributed by atoms with E-state index in [1.807, 2.05) is 54.6 Å².